The fourth-order valence-corrected chi connectivity index (χ4v) is 6.10. The van der Waals surface area contributed by atoms with Crippen molar-refractivity contribution in [1.82, 2.24) is 0 Å². The zero-order valence-corrected chi connectivity index (χ0v) is 20.9. The Hall–Kier alpha value is -2.08. The number of benzene rings is 2. The van der Waals surface area contributed by atoms with E-state index in [2.05, 4.69) is 85.8 Å². The maximum Gasteiger partial charge on any atom is -0.000698 e. The van der Waals surface area contributed by atoms with Crippen LogP contribution in [0.2, 0.25) is 0 Å². The molecule has 0 radical (unpaired) electrons. The third-order valence-corrected chi connectivity index (χ3v) is 7.35. The standard InChI is InChI=1S/C31H40/c1-9-21-15-23-17-26-29(22-13-11-12-14-22)24(10-2)27(19(5)6)28(20(7)8)31(26)30(23)25(16-21)18(3)4/h11-13,15-16,18-20H,9-10,14,17H2,1-8H3. The van der Waals surface area contributed by atoms with Crippen LogP contribution >= 0.6 is 0 Å². The van der Waals surface area contributed by atoms with Crippen LogP contribution in [0.25, 0.3) is 16.7 Å². The first-order valence-corrected chi connectivity index (χ1v) is 12.5. The number of allylic oxidation sites excluding steroid dienone is 4. The van der Waals surface area contributed by atoms with E-state index in [9.17, 15) is 0 Å². The quantitative estimate of drug-likeness (QED) is 0.378. The number of hydrogen-bond donors (Lipinski definition) is 0. The lowest BCUT2D eigenvalue weighted by Crippen LogP contribution is -2.11. The summed E-state index contributed by atoms with van der Waals surface area (Å²) in [7, 11) is 0. The van der Waals surface area contributed by atoms with Gasteiger partial charge in [-0.1, -0.05) is 85.8 Å². The Morgan fingerprint density at radius 2 is 1.48 bits per heavy atom. The summed E-state index contributed by atoms with van der Waals surface area (Å²) in [6.07, 6.45) is 11.3. The molecule has 0 amide bonds. The molecule has 0 atom stereocenters. The summed E-state index contributed by atoms with van der Waals surface area (Å²) in [4.78, 5) is 0. The van der Waals surface area contributed by atoms with Crippen molar-refractivity contribution < 1.29 is 0 Å². The molecule has 2 aromatic rings. The minimum absolute atomic E-state index is 0.526. The summed E-state index contributed by atoms with van der Waals surface area (Å²) in [5.41, 5.74) is 17.4. The van der Waals surface area contributed by atoms with Gasteiger partial charge < -0.3 is 0 Å². The number of hydrogen-bond acceptors (Lipinski definition) is 0. The zero-order valence-electron chi connectivity index (χ0n) is 20.9. The molecule has 164 valence electrons. The topological polar surface area (TPSA) is 0 Å². The van der Waals surface area contributed by atoms with Crippen molar-refractivity contribution in [3.63, 3.8) is 0 Å². The van der Waals surface area contributed by atoms with E-state index in [-0.39, 0.29) is 0 Å². The van der Waals surface area contributed by atoms with Crippen molar-refractivity contribution in [2.75, 3.05) is 0 Å². The highest BCUT2D eigenvalue weighted by Crippen LogP contribution is 2.52. The molecule has 2 aliphatic carbocycles. The lowest BCUT2D eigenvalue weighted by Gasteiger charge is -2.29. The first kappa shape index (κ1) is 22.1. The van der Waals surface area contributed by atoms with Gasteiger partial charge in [0, 0.05) is 0 Å². The van der Waals surface area contributed by atoms with Crippen LogP contribution in [-0.4, -0.2) is 0 Å². The van der Waals surface area contributed by atoms with E-state index in [1.54, 1.807) is 50.1 Å². The van der Waals surface area contributed by atoms with Crippen molar-refractivity contribution >= 4 is 5.57 Å². The third kappa shape index (κ3) is 3.53. The van der Waals surface area contributed by atoms with E-state index in [0.717, 1.165) is 25.7 Å². The highest BCUT2D eigenvalue weighted by atomic mass is 14.4. The molecule has 0 bridgehead atoms. The molecule has 0 nitrogen and oxygen atoms in total. The van der Waals surface area contributed by atoms with Gasteiger partial charge in [-0.25, -0.2) is 0 Å². The summed E-state index contributed by atoms with van der Waals surface area (Å²) in [5, 5.41) is 0. The van der Waals surface area contributed by atoms with Crippen molar-refractivity contribution in [2.45, 2.75) is 98.8 Å². The maximum atomic E-state index is 2.51. The molecule has 0 aliphatic heterocycles. The van der Waals surface area contributed by atoms with E-state index < -0.39 is 0 Å². The molecule has 0 saturated carbocycles. The normalized spacial score (nSPS) is 14.7. The van der Waals surface area contributed by atoms with E-state index in [1.807, 2.05) is 0 Å². The van der Waals surface area contributed by atoms with Gasteiger partial charge in [-0.05, 0) is 105 Å². The first-order chi connectivity index (χ1) is 14.8. The van der Waals surface area contributed by atoms with Crippen LogP contribution in [0.1, 0.15) is 124 Å². The number of fused-ring (bicyclic) bond motifs is 3. The Bertz CT molecular complexity index is 1070. The van der Waals surface area contributed by atoms with Gasteiger partial charge in [0.25, 0.3) is 0 Å². The molecule has 0 fully saturated rings. The molecular formula is C31H40. The molecule has 0 spiro atoms. The Balaban J connectivity index is 2.17. The Labute approximate surface area is 190 Å². The van der Waals surface area contributed by atoms with Gasteiger partial charge in [0.15, 0.2) is 0 Å². The Kier molecular flexibility index (Phi) is 6.03. The zero-order chi connectivity index (χ0) is 22.4. The summed E-state index contributed by atoms with van der Waals surface area (Å²) in [6, 6.07) is 5.01. The van der Waals surface area contributed by atoms with E-state index in [0.29, 0.717) is 17.8 Å². The predicted octanol–water partition coefficient (Wildman–Crippen LogP) is 9.10. The molecule has 31 heavy (non-hydrogen) atoms. The van der Waals surface area contributed by atoms with Crippen molar-refractivity contribution in [1.29, 1.82) is 0 Å². The van der Waals surface area contributed by atoms with Crippen LogP contribution < -0.4 is 0 Å². The summed E-state index contributed by atoms with van der Waals surface area (Å²) < 4.78 is 0. The molecule has 2 aromatic carbocycles. The van der Waals surface area contributed by atoms with Gasteiger partial charge in [0.2, 0.25) is 0 Å². The van der Waals surface area contributed by atoms with Gasteiger partial charge in [-0.2, -0.15) is 0 Å². The Morgan fingerprint density at radius 1 is 0.774 bits per heavy atom. The van der Waals surface area contributed by atoms with Crippen LogP contribution in [-0.2, 0) is 19.3 Å². The lowest BCUT2D eigenvalue weighted by molar-refractivity contribution is 0.774. The minimum atomic E-state index is 0.526. The number of rotatable bonds is 6. The van der Waals surface area contributed by atoms with Gasteiger partial charge in [0.05, 0.1) is 0 Å². The minimum Gasteiger partial charge on any atom is -0.0801 e. The van der Waals surface area contributed by atoms with Crippen molar-refractivity contribution in [3.05, 3.63) is 74.9 Å². The molecule has 0 unspecified atom stereocenters. The SMILES string of the molecule is CCc1cc2c(c(C(C)C)c1)-c1c(c(C3=CC=CC3)c(CC)c(C(C)C)c1C(C)C)C2. The average molecular weight is 413 g/mol. The molecule has 0 heterocycles. The van der Waals surface area contributed by atoms with Crippen molar-refractivity contribution in [3.8, 4) is 11.1 Å². The molecule has 4 rings (SSSR count). The maximum absolute atomic E-state index is 2.51. The molecular weight excluding hydrogens is 372 g/mol. The molecule has 0 heteroatoms. The van der Waals surface area contributed by atoms with E-state index in [1.165, 1.54) is 11.1 Å². The first-order valence-electron chi connectivity index (χ1n) is 12.5. The lowest BCUT2D eigenvalue weighted by atomic mass is 9.75. The van der Waals surface area contributed by atoms with Crippen molar-refractivity contribution in [2.24, 2.45) is 0 Å². The largest absolute Gasteiger partial charge is 0.0801 e. The highest BCUT2D eigenvalue weighted by molar-refractivity contribution is 5.91. The van der Waals surface area contributed by atoms with Crippen LogP contribution in [0, 0.1) is 0 Å². The van der Waals surface area contributed by atoms with E-state index >= 15 is 0 Å². The second kappa shape index (κ2) is 8.45. The van der Waals surface area contributed by atoms with Crippen LogP contribution in [0.4, 0.5) is 0 Å². The summed E-state index contributed by atoms with van der Waals surface area (Å²) >= 11 is 0. The smallest absolute Gasteiger partial charge is 0.000698 e. The highest BCUT2D eigenvalue weighted by Gasteiger charge is 2.34. The van der Waals surface area contributed by atoms with Gasteiger partial charge in [-0.3, -0.25) is 0 Å². The van der Waals surface area contributed by atoms with Crippen LogP contribution in [0.15, 0.2) is 30.4 Å². The number of aryl methyl sites for hydroxylation is 1. The fourth-order valence-electron chi connectivity index (χ4n) is 6.10. The second-order valence-electron chi connectivity index (χ2n) is 10.4. The second-order valence-corrected chi connectivity index (χ2v) is 10.4. The van der Waals surface area contributed by atoms with Gasteiger partial charge >= 0.3 is 0 Å². The Morgan fingerprint density at radius 3 is 2.00 bits per heavy atom. The average Bonchev–Trinajstić information content (AvgIpc) is 3.38. The molecule has 0 N–H and O–H groups in total. The predicted molar refractivity (Wildman–Crippen MR) is 137 cm³/mol. The summed E-state index contributed by atoms with van der Waals surface area (Å²) in [6.45, 7) is 19.0. The molecule has 0 aromatic heterocycles. The molecule has 2 aliphatic rings. The third-order valence-electron chi connectivity index (χ3n) is 7.35. The van der Waals surface area contributed by atoms with E-state index in [4.69, 9.17) is 0 Å². The van der Waals surface area contributed by atoms with Gasteiger partial charge in [-0.15, -0.1) is 0 Å². The van der Waals surface area contributed by atoms with Crippen LogP contribution in [0.3, 0.4) is 0 Å². The monoisotopic (exact) mass is 412 g/mol. The van der Waals surface area contributed by atoms with Gasteiger partial charge in [0.1, 0.15) is 0 Å². The fraction of sp³-hybridized carbons (Fsp3) is 0.484. The van der Waals surface area contributed by atoms with Crippen LogP contribution in [0.5, 0.6) is 0 Å². The molecule has 0 saturated heterocycles. The summed E-state index contributed by atoms with van der Waals surface area (Å²) in [5.74, 6) is 1.60.